The number of rotatable bonds is 2. The molecule has 1 rings (SSSR count). The highest BCUT2D eigenvalue weighted by molar-refractivity contribution is 6.01. The van der Waals surface area contributed by atoms with Crippen molar-refractivity contribution in [2.45, 2.75) is 0 Å². The van der Waals surface area contributed by atoms with E-state index in [0.717, 1.165) is 0 Å². The van der Waals surface area contributed by atoms with Crippen LogP contribution < -0.4 is 0 Å². The zero-order valence-electron chi connectivity index (χ0n) is 9.01. The summed E-state index contributed by atoms with van der Waals surface area (Å²) < 4.78 is 53.3. The minimum atomic E-state index is -2.36. The van der Waals surface area contributed by atoms with Crippen molar-refractivity contribution < 1.29 is 27.2 Å². The fraction of sp³-hybridized carbons (Fsp3) is 0. The molecule has 1 aromatic rings. The lowest BCUT2D eigenvalue weighted by Gasteiger charge is -2.07. The van der Waals surface area contributed by atoms with E-state index in [1.165, 1.54) is 0 Å². The predicted octanol–water partition coefficient (Wildman–Crippen LogP) is 3.14. The van der Waals surface area contributed by atoms with Gasteiger partial charge < -0.3 is 0 Å². The minimum absolute atomic E-state index is 1.78. The van der Waals surface area contributed by atoms with Crippen molar-refractivity contribution in [3.8, 4) is 0 Å². The van der Waals surface area contributed by atoms with Gasteiger partial charge in [-0.1, -0.05) is 0 Å². The molecule has 0 atom stereocenters. The monoisotopic (exact) mass is 288 g/mol. The van der Waals surface area contributed by atoms with Crippen LogP contribution in [0.2, 0.25) is 0 Å². The van der Waals surface area contributed by atoms with Gasteiger partial charge in [0.05, 0.1) is 11.1 Å². The maximum Gasteiger partial charge on any atom is 0.255 e. The number of azide groups is 2. The number of benzene rings is 1. The minimum Gasteiger partial charge on any atom is -0.287 e. The van der Waals surface area contributed by atoms with E-state index >= 15 is 0 Å². The van der Waals surface area contributed by atoms with E-state index in [4.69, 9.17) is 11.1 Å². The van der Waals surface area contributed by atoms with Crippen LogP contribution in [-0.4, -0.2) is 11.8 Å². The fourth-order valence-electron chi connectivity index (χ4n) is 1.19. The molecule has 12 heteroatoms. The summed E-state index contributed by atoms with van der Waals surface area (Å²) in [7, 11) is 0. The van der Waals surface area contributed by atoms with Crippen molar-refractivity contribution in [2.75, 3.05) is 0 Å². The van der Waals surface area contributed by atoms with E-state index in [1.807, 2.05) is 9.82 Å². The Kier molecular flexibility index (Phi) is 4.26. The van der Waals surface area contributed by atoms with Crippen LogP contribution in [0.15, 0.2) is 10.2 Å². The van der Waals surface area contributed by atoms with Crippen LogP contribution in [0.25, 0.3) is 20.9 Å². The first-order valence-electron chi connectivity index (χ1n) is 4.41. The molecule has 0 saturated heterocycles. The Morgan fingerprint density at radius 1 is 0.750 bits per heavy atom. The van der Waals surface area contributed by atoms with E-state index in [9.17, 15) is 27.2 Å². The van der Waals surface area contributed by atoms with Gasteiger partial charge >= 0.3 is 0 Å². The van der Waals surface area contributed by atoms with Crippen LogP contribution in [0.1, 0.15) is 20.7 Å². The number of hydrogen-bond donors (Lipinski definition) is 0. The van der Waals surface area contributed by atoms with Gasteiger partial charge in [0.2, 0.25) is 0 Å². The molecular formula is C8F4N6O2. The largest absolute Gasteiger partial charge is 0.287 e. The number of carbonyl (C=O) groups excluding carboxylic acids is 2. The molecular weight excluding hydrogens is 288 g/mol. The van der Waals surface area contributed by atoms with Crippen LogP contribution in [0.4, 0.5) is 17.6 Å². The Morgan fingerprint density at radius 3 is 1.40 bits per heavy atom. The van der Waals surface area contributed by atoms with Crippen LogP contribution >= 0.6 is 0 Å². The Labute approximate surface area is 105 Å². The van der Waals surface area contributed by atoms with Crippen LogP contribution in [0, 0.1) is 23.3 Å². The van der Waals surface area contributed by atoms with Gasteiger partial charge in [-0.15, -0.1) is 0 Å². The zero-order valence-corrected chi connectivity index (χ0v) is 9.01. The van der Waals surface area contributed by atoms with Crippen molar-refractivity contribution in [2.24, 2.45) is 10.2 Å². The maximum absolute atomic E-state index is 13.7. The van der Waals surface area contributed by atoms with E-state index in [0.29, 0.717) is 0 Å². The lowest BCUT2D eigenvalue weighted by atomic mass is 10.1. The van der Waals surface area contributed by atoms with E-state index in [1.54, 1.807) is 0 Å². The number of hydrogen-bond acceptors (Lipinski definition) is 2. The van der Waals surface area contributed by atoms with Gasteiger partial charge in [-0.05, 0) is 21.3 Å². The summed E-state index contributed by atoms with van der Waals surface area (Å²) in [6.07, 6.45) is 0. The zero-order chi connectivity index (χ0) is 15.4. The third-order valence-electron chi connectivity index (χ3n) is 1.96. The number of halogens is 4. The molecule has 0 fully saturated rings. The topological polar surface area (TPSA) is 132 Å². The summed E-state index contributed by atoms with van der Waals surface area (Å²) in [6.45, 7) is 0. The average Bonchev–Trinajstić information content (AvgIpc) is 2.37. The molecule has 0 radical (unpaired) electrons. The van der Waals surface area contributed by atoms with Crippen molar-refractivity contribution in [1.29, 1.82) is 0 Å². The highest BCUT2D eigenvalue weighted by Crippen LogP contribution is 2.25. The summed E-state index contributed by atoms with van der Waals surface area (Å²) in [6, 6.07) is 0. The Bertz CT molecular complexity index is 663. The average molecular weight is 288 g/mol. The molecule has 0 unspecified atom stereocenters. The van der Waals surface area contributed by atoms with Crippen molar-refractivity contribution in [3.63, 3.8) is 0 Å². The number of nitrogens with zero attached hydrogens (tertiary/aromatic N) is 6. The first kappa shape index (κ1) is 15.0. The second kappa shape index (κ2) is 5.69. The third kappa shape index (κ3) is 2.36. The summed E-state index contributed by atoms with van der Waals surface area (Å²) in [4.78, 5) is 26.0. The SMILES string of the molecule is [N-]=[N+]=NC(=O)c1c(F)c(F)c(F)c(C(=O)N=[N+]=[N-])c1F. The maximum atomic E-state index is 13.7. The smallest absolute Gasteiger partial charge is 0.255 e. The summed E-state index contributed by atoms with van der Waals surface area (Å²) in [5, 5.41) is 4.58. The van der Waals surface area contributed by atoms with Gasteiger partial charge in [0.15, 0.2) is 23.3 Å². The molecule has 0 aromatic heterocycles. The van der Waals surface area contributed by atoms with Crippen LogP contribution in [0.3, 0.4) is 0 Å². The first-order chi connectivity index (χ1) is 9.36. The lowest BCUT2D eigenvalue weighted by molar-refractivity contribution is 0.0985. The van der Waals surface area contributed by atoms with Crippen LogP contribution in [0.5, 0.6) is 0 Å². The third-order valence-corrected chi connectivity index (χ3v) is 1.96. The number of carbonyl (C=O) groups is 2. The summed E-state index contributed by atoms with van der Waals surface area (Å²) in [5.41, 5.74) is 12.4. The molecule has 0 aliphatic heterocycles. The highest BCUT2D eigenvalue weighted by atomic mass is 19.2. The molecule has 0 bridgehead atoms. The second-order valence-electron chi connectivity index (χ2n) is 3.00. The summed E-state index contributed by atoms with van der Waals surface area (Å²) >= 11 is 0. The van der Waals surface area contributed by atoms with Gasteiger partial charge in [-0.3, -0.25) is 9.59 Å². The van der Waals surface area contributed by atoms with Crippen LogP contribution in [-0.2, 0) is 0 Å². The van der Waals surface area contributed by atoms with Crippen molar-refractivity contribution in [1.82, 2.24) is 0 Å². The van der Waals surface area contributed by atoms with E-state index < -0.39 is 46.2 Å². The molecule has 2 amide bonds. The number of amides is 2. The second-order valence-corrected chi connectivity index (χ2v) is 3.00. The van der Waals surface area contributed by atoms with Gasteiger partial charge in [-0.2, -0.15) is 0 Å². The van der Waals surface area contributed by atoms with Gasteiger partial charge in [0, 0.05) is 9.82 Å². The molecule has 0 heterocycles. The molecule has 0 N–H and O–H groups in total. The van der Waals surface area contributed by atoms with Crippen molar-refractivity contribution >= 4 is 11.8 Å². The lowest BCUT2D eigenvalue weighted by Crippen LogP contribution is -2.14. The fourth-order valence-corrected chi connectivity index (χ4v) is 1.19. The molecule has 0 aliphatic rings. The molecule has 0 spiro atoms. The van der Waals surface area contributed by atoms with E-state index in [2.05, 4.69) is 10.2 Å². The first-order valence-corrected chi connectivity index (χ1v) is 4.41. The van der Waals surface area contributed by atoms with Gasteiger partial charge in [0.1, 0.15) is 0 Å². The van der Waals surface area contributed by atoms with Crippen molar-refractivity contribution in [3.05, 3.63) is 55.3 Å². The molecule has 1 aromatic carbocycles. The normalized spacial score (nSPS) is 9.40. The molecule has 20 heavy (non-hydrogen) atoms. The summed E-state index contributed by atoms with van der Waals surface area (Å²) in [5.74, 6) is -12.9. The molecule has 8 nitrogen and oxygen atoms in total. The van der Waals surface area contributed by atoms with Gasteiger partial charge in [0.25, 0.3) is 11.8 Å². The molecule has 102 valence electrons. The highest BCUT2D eigenvalue weighted by Gasteiger charge is 2.31. The molecule has 0 aliphatic carbocycles. The Morgan fingerprint density at radius 2 is 1.10 bits per heavy atom. The Hall–Kier alpha value is -3.10. The molecule has 0 saturated carbocycles. The Balaban J connectivity index is 3.80. The standard InChI is InChI=1S/C8F4N6O2/c9-3-1(7(19)15-17-13)4(10)6(12)5(11)2(3)8(20)16-18-14. The quantitative estimate of drug-likeness (QED) is 0.206. The van der Waals surface area contributed by atoms with E-state index in [-0.39, 0.29) is 0 Å². The predicted molar refractivity (Wildman–Crippen MR) is 53.2 cm³/mol. The van der Waals surface area contributed by atoms with Gasteiger partial charge in [-0.25, -0.2) is 17.6 Å².